The van der Waals surface area contributed by atoms with Gasteiger partial charge in [-0.05, 0) is 18.9 Å². The first-order valence-electron chi connectivity index (χ1n) is 4.57. The lowest BCUT2D eigenvalue weighted by molar-refractivity contribution is 0.0600. The van der Waals surface area contributed by atoms with Crippen LogP contribution >= 0.6 is 11.6 Å². The number of pyridine rings is 1. The fourth-order valence-corrected chi connectivity index (χ4v) is 1.60. The highest BCUT2D eigenvalue weighted by Crippen LogP contribution is 2.41. The first-order valence-corrected chi connectivity index (χ1v) is 4.95. The van der Waals surface area contributed by atoms with Crippen molar-refractivity contribution >= 4 is 17.6 Å². The number of halogens is 2. The molecule has 80 valence electrons. The minimum absolute atomic E-state index is 0.00477. The van der Waals surface area contributed by atoms with Crippen LogP contribution in [0.5, 0.6) is 0 Å². The quantitative estimate of drug-likeness (QED) is 0.578. The second-order valence-electron chi connectivity index (χ2n) is 3.46. The first-order chi connectivity index (χ1) is 7.13. The van der Waals surface area contributed by atoms with Crippen molar-refractivity contribution < 1.29 is 13.9 Å². The molecule has 0 radical (unpaired) electrons. The van der Waals surface area contributed by atoms with E-state index in [0.29, 0.717) is 5.69 Å². The SMILES string of the molecule is COC(=O)c1cc(F)c(C2CC2)nc1Cl. The third-order valence-electron chi connectivity index (χ3n) is 2.33. The number of hydrogen-bond donors (Lipinski definition) is 0. The highest BCUT2D eigenvalue weighted by Gasteiger charge is 2.29. The standard InChI is InChI=1S/C10H9ClFNO2/c1-15-10(14)6-4-7(12)8(5-2-3-5)13-9(6)11/h4-5H,2-3H2,1H3. The molecule has 1 aliphatic carbocycles. The highest BCUT2D eigenvalue weighted by molar-refractivity contribution is 6.32. The van der Waals surface area contributed by atoms with Gasteiger partial charge in [0.1, 0.15) is 11.0 Å². The van der Waals surface area contributed by atoms with Gasteiger partial charge in [-0.15, -0.1) is 0 Å². The number of esters is 1. The second-order valence-corrected chi connectivity index (χ2v) is 3.82. The molecule has 1 heterocycles. The molecule has 5 heteroatoms. The van der Waals surface area contributed by atoms with Gasteiger partial charge in [-0.2, -0.15) is 0 Å². The molecule has 0 N–H and O–H groups in total. The van der Waals surface area contributed by atoms with Gasteiger partial charge in [0.05, 0.1) is 18.4 Å². The highest BCUT2D eigenvalue weighted by atomic mass is 35.5. The molecule has 0 bridgehead atoms. The summed E-state index contributed by atoms with van der Waals surface area (Å²) >= 11 is 5.77. The van der Waals surface area contributed by atoms with Crippen LogP contribution in [0, 0.1) is 5.82 Å². The van der Waals surface area contributed by atoms with Gasteiger partial charge in [0, 0.05) is 5.92 Å². The third-order valence-corrected chi connectivity index (χ3v) is 2.61. The minimum Gasteiger partial charge on any atom is -0.465 e. The van der Waals surface area contributed by atoms with Gasteiger partial charge in [0.2, 0.25) is 0 Å². The van der Waals surface area contributed by atoms with Crippen LogP contribution in [0.2, 0.25) is 5.15 Å². The normalized spacial score (nSPS) is 15.1. The van der Waals surface area contributed by atoms with E-state index in [-0.39, 0.29) is 16.6 Å². The molecule has 0 spiro atoms. The van der Waals surface area contributed by atoms with Crippen LogP contribution < -0.4 is 0 Å². The van der Waals surface area contributed by atoms with Crippen LogP contribution in [0.15, 0.2) is 6.07 Å². The van der Waals surface area contributed by atoms with Crippen molar-refractivity contribution in [3.8, 4) is 0 Å². The average molecular weight is 230 g/mol. The van der Waals surface area contributed by atoms with Crippen LogP contribution in [0.3, 0.4) is 0 Å². The monoisotopic (exact) mass is 229 g/mol. The minimum atomic E-state index is -0.672. The Labute approximate surface area is 91.2 Å². The van der Waals surface area contributed by atoms with Crippen LogP contribution in [0.1, 0.15) is 34.8 Å². The van der Waals surface area contributed by atoms with Gasteiger partial charge in [-0.1, -0.05) is 11.6 Å². The number of hydrogen-bond acceptors (Lipinski definition) is 3. The second kappa shape index (κ2) is 3.77. The Kier molecular flexibility index (Phi) is 2.61. The fraction of sp³-hybridized carbons (Fsp3) is 0.400. The molecule has 0 aromatic carbocycles. The zero-order valence-corrected chi connectivity index (χ0v) is 8.84. The topological polar surface area (TPSA) is 39.2 Å². The maximum atomic E-state index is 13.5. The van der Waals surface area contributed by atoms with Crippen molar-refractivity contribution in [1.29, 1.82) is 0 Å². The molecule has 1 aliphatic rings. The van der Waals surface area contributed by atoms with Gasteiger partial charge in [0.25, 0.3) is 0 Å². The number of methoxy groups -OCH3 is 1. The lowest BCUT2D eigenvalue weighted by atomic mass is 10.2. The Morgan fingerprint density at radius 3 is 2.87 bits per heavy atom. The van der Waals surface area contributed by atoms with E-state index < -0.39 is 11.8 Å². The molecule has 2 rings (SSSR count). The lowest BCUT2D eigenvalue weighted by Crippen LogP contribution is -2.06. The Bertz CT molecular complexity index is 418. The zero-order valence-electron chi connectivity index (χ0n) is 8.09. The van der Waals surface area contributed by atoms with E-state index in [1.807, 2.05) is 0 Å². The number of ether oxygens (including phenoxy) is 1. The number of nitrogens with zero attached hydrogens (tertiary/aromatic N) is 1. The maximum Gasteiger partial charge on any atom is 0.341 e. The Morgan fingerprint density at radius 1 is 1.67 bits per heavy atom. The maximum absolute atomic E-state index is 13.5. The van der Waals surface area contributed by atoms with E-state index in [9.17, 15) is 9.18 Å². The number of aromatic nitrogens is 1. The van der Waals surface area contributed by atoms with E-state index >= 15 is 0 Å². The van der Waals surface area contributed by atoms with Crippen LogP contribution in [-0.2, 0) is 4.74 Å². The van der Waals surface area contributed by atoms with Crippen molar-refractivity contribution in [3.63, 3.8) is 0 Å². The molecule has 1 aromatic rings. The van der Waals surface area contributed by atoms with E-state index in [4.69, 9.17) is 11.6 Å². The summed E-state index contributed by atoms with van der Waals surface area (Å²) in [5.41, 5.74) is 0.328. The molecule has 0 saturated heterocycles. The zero-order chi connectivity index (χ0) is 11.0. The third kappa shape index (κ3) is 1.95. The number of carbonyl (C=O) groups is 1. The van der Waals surface area contributed by atoms with Gasteiger partial charge in [-0.25, -0.2) is 14.2 Å². The predicted molar refractivity (Wildman–Crippen MR) is 52.5 cm³/mol. The summed E-state index contributed by atoms with van der Waals surface area (Å²) in [6.07, 6.45) is 1.86. The molecule has 1 aromatic heterocycles. The van der Waals surface area contributed by atoms with E-state index in [0.717, 1.165) is 18.9 Å². The summed E-state index contributed by atoms with van der Waals surface area (Å²) in [5, 5.41) is 0.00477. The van der Waals surface area contributed by atoms with Crippen molar-refractivity contribution in [2.75, 3.05) is 7.11 Å². The van der Waals surface area contributed by atoms with Gasteiger partial charge < -0.3 is 4.74 Å². The molecule has 15 heavy (non-hydrogen) atoms. The van der Waals surface area contributed by atoms with Crippen molar-refractivity contribution in [1.82, 2.24) is 4.98 Å². The van der Waals surface area contributed by atoms with Gasteiger partial charge >= 0.3 is 5.97 Å². The van der Waals surface area contributed by atoms with Gasteiger partial charge in [0.15, 0.2) is 0 Å². The molecule has 0 aliphatic heterocycles. The predicted octanol–water partition coefficient (Wildman–Crippen LogP) is 2.54. The molecule has 0 atom stereocenters. The molecule has 1 fully saturated rings. The molecular formula is C10H9ClFNO2. The molecular weight excluding hydrogens is 221 g/mol. The van der Waals surface area contributed by atoms with E-state index in [1.54, 1.807) is 0 Å². The Morgan fingerprint density at radius 2 is 2.33 bits per heavy atom. The van der Waals surface area contributed by atoms with Crippen molar-refractivity contribution in [2.24, 2.45) is 0 Å². The van der Waals surface area contributed by atoms with Gasteiger partial charge in [-0.3, -0.25) is 0 Å². The summed E-state index contributed by atoms with van der Waals surface area (Å²) in [5.74, 6) is -0.995. The number of carbonyl (C=O) groups excluding carboxylic acids is 1. The summed E-state index contributed by atoms with van der Waals surface area (Å²) in [6, 6.07) is 1.09. The summed E-state index contributed by atoms with van der Waals surface area (Å²) in [4.78, 5) is 15.1. The largest absolute Gasteiger partial charge is 0.465 e. The van der Waals surface area contributed by atoms with Crippen molar-refractivity contribution in [2.45, 2.75) is 18.8 Å². The van der Waals surface area contributed by atoms with E-state index in [2.05, 4.69) is 9.72 Å². The molecule has 0 amide bonds. The van der Waals surface area contributed by atoms with Crippen molar-refractivity contribution in [3.05, 3.63) is 28.3 Å². The summed E-state index contributed by atoms with van der Waals surface area (Å²) in [6.45, 7) is 0. The van der Waals surface area contributed by atoms with Crippen LogP contribution in [0.25, 0.3) is 0 Å². The molecule has 1 saturated carbocycles. The lowest BCUT2D eigenvalue weighted by Gasteiger charge is -2.05. The Hall–Kier alpha value is -1.16. The first kappa shape index (κ1) is 10.4. The average Bonchev–Trinajstić information content (AvgIpc) is 3.03. The number of rotatable bonds is 2. The molecule has 3 nitrogen and oxygen atoms in total. The summed E-state index contributed by atoms with van der Waals surface area (Å²) in [7, 11) is 1.21. The van der Waals surface area contributed by atoms with E-state index in [1.165, 1.54) is 7.11 Å². The fourth-order valence-electron chi connectivity index (χ4n) is 1.38. The van der Waals surface area contributed by atoms with Crippen LogP contribution in [-0.4, -0.2) is 18.1 Å². The Balaban J connectivity index is 2.42. The van der Waals surface area contributed by atoms with Crippen LogP contribution in [0.4, 0.5) is 4.39 Å². The molecule has 0 unspecified atom stereocenters. The smallest absolute Gasteiger partial charge is 0.341 e. The summed E-state index contributed by atoms with van der Waals surface area (Å²) < 4.78 is 17.9.